The fraction of sp³-hybridized carbons (Fsp3) is 0.684. The van der Waals surface area contributed by atoms with Crippen molar-refractivity contribution in [1.29, 1.82) is 0 Å². The summed E-state index contributed by atoms with van der Waals surface area (Å²) in [6.45, 7) is 9.39. The van der Waals surface area contributed by atoms with E-state index in [9.17, 15) is 23.5 Å². The first kappa shape index (κ1) is 23.3. The van der Waals surface area contributed by atoms with Gasteiger partial charge in [-0.2, -0.15) is 0 Å². The molecule has 1 rings (SSSR count). The van der Waals surface area contributed by atoms with E-state index in [1.165, 1.54) is 12.3 Å². The molecule has 0 aromatic carbocycles. The number of hydrogen-bond acceptors (Lipinski definition) is 2. The van der Waals surface area contributed by atoms with E-state index < -0.39 is 29.6 Å². The number of carboxylic acid groups (broad SMARTS) is 1. The molecule has 6 heteroatoms. The number of halogens is 2. The molecule has 1 aromatic rings. The maximum atomic E-state index is 13.6. The summed E-state index contributed by atoms with van der Waals surface area (Å²) in [4.78, 5) is 23.1. The molecule has 0 radical (unpaired) electrons. The number of alkyl halides is 1. The Morgan fingerprint density at radius 1 is 1.24 bits per heavy atom. The van der Waals surface area contributed by atoms with E-state index in [4.69, 9.17) is 0 Å². The first-order valence-electron chi connectivity index (χ1n) is 8.95. The lowest BCUT2D eigenvalue weighted by Crippen LogP contribution is -2.32. The Hall–Kier alpha value is -1.72. The van der Waals surface area contributed by atoms with Crippen LogP contribution in [0.25, 0.3) is 0 Å². The molecule has 0 spiro atoms. The maximum absolute atomic E-state index is 13.6. The van der Waals surface area contributed by atoms with Gasteiger partial charge in [0.15, 0.2) is 5.82 Å². The van der Waals surface area contributed by atoms with Gasteiger partial charge in [-0.3, -0.25) is 9.36 Å². The number of aromatic nitrogens is 1. The highest BCUT2D eigenvalue weighted by Crippen LogP contribution is 2.17. The number of carbonyl (C=O) groups is 1. The van der Waals surface area contributed by atoms with Gasteiger partial charge in [0.05, 0.1) is 6.17 Å². The molecule has 0 aliphatic rings. The number of aliphatic carboxylic acids is 1. The molecule has 0 amide bonds. The molecule has 0 fully saturated rings. The molecule has 0 saturated heterocycles. The van der Waals surface area contributed by atoms with Crippen LogP contribution in [0.5, 0.6) is 0 Å². The quantitative estimate of drug-likeness (QED) is 0.728. The number of aryl methyl sites for hydroxylation is 1. The van der Waals surface area contributed by atoms with E-state index in [1.807, 2.05) is 34.6 Å². The van der Waals surface area contributed by atoms with Gasteiger partial charge in [-0.25, -0.2) is 13.6 Å². The predicted octanol–water partition coefficient (Wildman–Crippen LogP) is 4.76. The van der Waals surface area contributed by atoms with E-state index in [-0.39, 0.29) is 5.92 Å². The third-order valence-electron chi connectivity index (χ3n) is 3.80. The number of carboxylic acids is 1. The summed E-state index contributed by atoms with van der Waals surface area (Å²) in [5, 5.41) is 9.23. The lowest BCUT2D eigenvalue weighted by atomic mass is 10.0. The predicted molar refractivity (Wildman–Crippen MR) is 96.3 cm³/mol. The second-order valence-electron chi connectivity index (χ2n) is 6.56. The maximum Gasteiger partial charge on any atom is 0.326 e. The first-order chi connectivity index (χ1) is 11.7. The van der Waals surface area contributed by atoms with Gasteiger partial charge in [-0.05, 0) is 43.2 Å². The van der Waals surface area contributed by atoms with Crippen molar-refractivity contribution in [1.82, 2.24) is 4.57 Å². The monoisotopic (exact) mass is 359 g/mol. The fourth-order valence-electron chi connectivity index (χ4n) is 2.35. The van der Waals surface area contributed by atoms with Gasteiger partial charge in [0.2, 0.25) is 0 Å². The Bertz CT molecular complexity index is 581. The molecule has 0 aliphatic carbocycles. The van der Waals surface area contributed by atoms with Crippen LogP contribution in [0.15, 0.2) is 17.1 Å². The normalized spacial score (nSPS) is 12.0. The Kier molecular flexibility index (Phi) is 11.0. The highest BCUT2D eigenvalue weighted by molar-refractivity contribution is 5.71. The van der Waals surface area contributed by atoms with Crippen molar-refractivity contribution < 1.29 is 18.7 Å². The standard InChI is InChI=1S/C14H20FNO3.C5H11F/c1-4-5-10-7-11(15)13(17)16(8-10)12(14(18)19)6-9(2)3;1-3-5(6)4-2/h7-9,12H,4-6H2,1-3H3,(H,18,19);5H,3-4H2,1-2H3. The van der Waals surface area contributed by atoms with E-state index in [0.717, 1.165) is 11.0 Å². The fourth-order valence-corrected chi connectivity index (χ4v) is 2.35. The van der Waals surface area contributed by atoms with Crippen LogP contribution in [0.1, 0.15) is 71.9 Å². The van der Waals surface area contributed by atoms with E-state index in [1.54, 1.807) is 0 Å². The number of nitrogens with zero attached hydrogens (tertiary/aromatic N) is 1. The molecule has 144 valence electrons. The second-order valence-corrected chi connectivity index (χ2v) is 6.56. The van der Waals surface area contributed by atoms with E-state index >= 15 is 0 Å². The van der Waals surface area contributed by atoms with Gasteiger partial charge in [0.25, 0.3) is 5.56 Å². The summed E-state index contributed by atoms with van der Waals surface area (Å²) in [5.74, 6) is -1.89. The van der Waals surface area contributed by atoms with Crippen LogP contribution in [0, 0.1) is 11.7 Å². The molecule has 1 unspecified atom stereocenters. The average Bonchev–Trinajstić information content (AvgIpc) is 2.55. The van der Waals surface area contributed by atoms with Crippen LogP contribution in [0.2, 0.25) is 0 Å². The minimum Gasteiger partial charge on any atom is -0.480 e. The zero-order chi connectivity index (χ0) is 19.6. The first-order valence-corrected chi connectivity index (χ1v) is 8.95. The molecule has 0 bridgehead atoms. The average molecular weight is 359 g/mol. The number of rotatable bonds is 8. The van der Waals surface area contributed by atoms with Crippen LogP contribution < -0.4 is 5.56 Å². The summed E-state index contributed by atoms with van der Waals surface area (Å²) in [6, 6.07) is 0.176. The van der Waals surface area contributed by atoms with Crippen molar-refractivity contribution in [3.05, 3.63) is 34.0 Å². The van der Waals surface area contributed by atoms with Crippen molar-refractivity contribution >= 4 is 5.97 Å². The van der Waals surface area contributed by atoms with Crippen LogP contribution in [-0.4, -0.2) is 21.8 Å². The Morgan fingerprint density at radius 3 is 2.16 bits per heavy atom. The summed E-state index contributed by atoms with van der Waals surface area (Å²) < 4.78 is 26.5. The van der Waals surface area contributed by atoms with Gasteiger partial charge >= 0.3 is 5.97 Å². The minimum atomic E-state index is -1.11. The Morgan fingerprint density at radius 2 is 1.80 bits per heavy atom. The number of pyridine rings is 1. The zero-order valence-electron chi connectivity index (χ0n) is 15.9. The van der Waals surface area contributed by atoms with Crippen molar-refractivity contribution in [2.24, 2.45) is 5.92 Å². The third kappa shape index (κ3) is 8.27. The van der Waals surface area contributed by atoms with Crippen molar-refractivity contribution in [2.75, 3.05) is 0 Å². The van der Waals surface area contributed by atoms with Crippen molar-refractivity contribution in [3.8, 4) is 0 Å². The zero-order valence-corrected chi connectivity index (χ0v) is 15.9. The van der Waals surface area contributed by atoms with Crippen molar-refractivity contribution in [3.63, 3.8) is 0 Å². The van der Waals surface area contributed by atoms with Crippen LogP contribution >= 0.6 is 0 Å². The van der Waals surface area contributed by atoms with Crippen LogP contribution in [-0.2, 0) is 11.2 Å². The SMILES string of the molecule is CCC(F)CC.CCCc1cc(F)c(=O)n(C(CC(C)C)C(=O)O)c1. The molecule has 0 saturated carbocycles. The lowest BCUT2D eigenvalue weighted by Gasteiger charge is -2.18. The van der Waals surface area contributed by atoms with E-state index in [2.05, 4.69) is 0 Å². The Labute approximate surface area is 148 Å². The van der Waals surface area contributed by atoms with Gasteiger partial charge < -0.3 is 5.11 Å². The van der Waals surface area contributed by atoms with Gasteiger partial charge in [-0.15, -0.1) is 0 Å². The highest BCUT2D eigenvalue weighted by Gasteiger charge is 2.23. The summed E-state index contributed by atoms with van der Waals surface area (Å²) >= 11 is 0. The largest absolute Gasteiger partial charge is 0.480 e. The summed E-state index contributed by atoms with van der Waals surface area (Å²) in [7, 11) is 0. The summed E-state index contributed by atoms with van der Waals surface area (Å²) in [6.07, 6.45) is 3.95. The summed E-state index contributed by atoms with van der Waals surface area (Å²) in [5.41, 5.74) is -0.220. The van der Waals surface area contributed by atoms with Gasteiger partial charge in [0.1, 0.15) is 6.04 Å². The molecule has 1 heterocycles. The van der Waals surface area contributed by atoms with Gasteiger partial charge in [0, 0.05) is 6.20 Å². The molecule has 1 aromatic heterocycles. The van der Waals surface area contributed by atoms with Crippen LogP contribution in [0.3, 0.4) is 0 Å². The Balaban J connectivity index is 0.000000823. The van der Waals surface area contributed by atoms with Gasteiger partial charge in [-0.1, -0.05) is 41.0 Å². The molecule has 0 aliphatic heterocycles. The second kappa shape index (κ2) is 11.8. The molecular formula is C19H31F2NO3. The third-order valence-corrected chi connectivity index (χ3v) is 3.80. The molecule has 1 N–H and O–H groups in total. The molecule has 4 nitrogen and oxygen atoms in total. The number of hydrogen-bond donors (Lipinski definition) is 1. The highest BCUT2D eigenvalue weighted by atomic mass is 19.1. The molecular weight excluding hydrogens is 328 g/mol. The van der Waals surface area contributed by atoms with Crippen molar-refractivity contribution in [2.45, 2.75) is 78.9 Å². The minimum absolute atomic E-state index is 0.103. The van der Waals surface area contributed by atoms with Crippen LogP contribution in [0.4, 0.5) is 8.78 Å². The smallest absolute Gasteiger partial charge is 0.326 e. The lowest BCUT2D eigenvalue weighted by molar-refractivity contribution is -0.141. The topological polar surface area (TPSA) is 59.3 Å². The van der Waals surface area contributed by atoms with E-state index in [0.29, 0.717) is 31.2 Å². The molecule has 1 atom stereocenters. The molecule has 25 heavy (non-hydrogen) atoms.